The molecule has 0 spiro atoms. The van der Waals surface area contributed by atoms with Crippen molar-refractivity contribution in [3.63, 3.8) is 0 Å². The maximum absolute atomic E-state index is 9.72. The fraction of sp³-hybridized carbons (Fsp3) is 0.188. The third kappa shape index (κ3) is 5.34. The first-order chi connectivity index (χ1) is 11.0. The molecular formula is C16H19ClIN3O3. The molecule has 0 saturated heterocycles. The number of ether oxygens (including phenoxy) is 2. The molecule has 0 radical (unpaired) electrons. The van der Waals surface area contributed by atoms with E-state index in [0.717, 1.165) is 5.56 Å². The van der Waals surface area contributed by atoms with Crippen molar-refractivity contribution in [1.29, 1.82) is 0 Å². The zero-order chi connectivity index (χ0) is 16.8. The van der Waals surface area contributed by atoms with Gasteiger partial charge in [0.15, 0.2) is 17.5 Å². The summed E-state index contributed by atoms with van der Waals surface area (Å²) in [6.45, 7) is 0.320. The van der Waals surface area contributed by atoms with Crippen LogP contribution in [0.25, 0.3) is 0 Å². The summed E-state index contributed by atoms with van der Waals surface area (Å²) in [4.78, 5) is 4.22. The van der Waals surface area contributed by atoms with E-state index in [0.29, 0.717) is 28.8 Å². The number of nitrogens with two attached hydrogens (primary N) is 1. The SMILES string of the molecule is COc1ccc(CN=C(N)Nc2ccc(OC)c(Cl)c2)cc1O.I. The summed E-state index contributed by atoms with van der Waals surface area (Å²) in [5, 5.41) is 13.1. The van der Waals surface area contributed by atoms with Gasteiger partial charge in [0.2, 0.25) is 0 Å². The van der Waals surface area contributed by atoms with E-state index in [1.54, 1.807) is 43.5 Å². The molecule has 0 unspecified atom stereocenters. The number of rotatable bonds is 5. The van der Waals surface area contributed by atoms with Crippen LogP contribution in [0.4, 0.5) is 5.69 Å². The molecule has 0 heterocycles. The largest absolute Gasteiger partial charge is 0.504 e. The van der Waals surface area contributed by atoms with Gasteiger partial charge in [-0.05, 0) is 35.9 Å². The zero-order valence-corrected chi connectivity index (χ0v) is 16.3. The summed E-state index contributed by atoms with van der Waals surface area (Å²) >= 11 is 6.05. The minimum absolute atomic E-state index is 0. The van der Waals surface area contributed by atoms with Crippen LogP contribution in [0.15, 0.2) is 41.4 Å². The Hall–Kier alpha value is -1.87. The van der Waals surface area contributed by atoms with Crippen LogP contribution in [0.3, 0.4) is 0 Å². The minimum Gasteiger partial charge on any atom is -0.504 e. The summed E-state index contributed by atoms with van der Waals surface area (Å²) < 4.78 is 10.1. The number of aliphatic imine (C=N–C) groups is 1. The quantitative estimate of drug-likeness (QED) is 0.358. The van der Waals surface area contributed by atoms with E-state index in [1.807, 2.05) is 0 Å². The average molecular weight is 464 g/mol. The van der Waals surface area contributed by atoms with Crippen LogP contribution in [0.2, 0.25) is 5.02 Å². The molecule has 0 bridgehead atoms. The molecule has 0 aliphatic heterocycles. The lowest BCUT2D eigenvalue weighted by atomic mass is 10.2. The molecular weight excluding hydrogens is 445 g/mol. The van der Waals surface area contributed by atoms with Gasteiger partial charge in [-0.1, -0.05) is 17.7 Å². The fourth-order valence-electron chi connectivity index (χ4n) is 1.94. The Morgan fingerprint density at radius 2 is 1.83 bits per heavy atom. The molecule has 8 heteroatoms. The monoisotopic (exact) mass is 463 g/mol. The Morgan fingerprint density at radius 3 is 2.42 bits per heavy atom. The van der Waals surface area contributed by atoms with Gasteiger partial charge in [0.25, 0.3) is 0 Å². The highest BCUT2D eigenvalue weighted by Gasteiger charge is 2.04. The van der Waals surface area contributed by atoms with E-state index in [-0.39, 0.29) is 35.7 Å². The molecule has 24 heavy (non-hydrogen) atoms. The number of benzene rings is 2. The summed E-state index contributed by atoms with van der Waals surface area (Å²) in [6.07, 6.45) is 0. The van der Waals surface area contributed by atoms with Gasteiger partial charge in [-0.2, -0.15) is 0 Å². The first-order valence-corrected chi connectivity index (χ1v) is 7.17. The standard InChI is InChI=1S/C16H18ClN3O3.HI/c1-22-14-6-4-11(8-12(14)17)20-16(18)19-9-10-3-5-15(23-2)13(21)7-10;/h3-8,21H,9H2,1-2H3,(H3,18,19,20);1H. The van der Waals surface area contributed by atoms with Gasteiger partial charge in [-0.3, -0.25) is 0 Å². The fourth-order valence-corrected chi connectivity index (χ4v) is 2.20. The van der Waals surface area contributed by atoms with Crippen LogP contribution in [0.5, 0.6) is 17.2 Å². The number of hydrogen-bond donors (Lipinski definition) is 3. The molecule has 0 aliphatic carbocycles. The number of guanidine groups is 1. The molecule has 0 amide bonds. The molecule has 4 N–H and O–H groups in total. The number of phenols is 1. The second-order valence-electron chi connectivity index (χ2n) is 4.68. The zero-order valence-electron chi connectivity index (χ0n) is 13.2. The maximum Gasteiger partial charge on any atom is 0.193 e. The van der Waals surface area contributed by atoms with Crippen LogP contribution < -0.4 is 20.5 Å². The maximum atomic E-state index is 9.72. The predicted octanol–water partition coefficient (Wildman–Crippen LogP) is 3.61. The highest BCUT2D eigenvalue weighted by atomic mass is 127. The van der Waals surface area contributed by atoms with Crippen LogP contribution in [0.1, 0.15) is 5.56 Å². The lowest BCUT2D eigenvalue weighted by Gasteiger charge is -2.09. The van der Waals surface area contributed by atoms with Gasteiger partial charge in [0.05, 0.1) is 25.8 Å². The van der Waals surface area contributed by atoms with E-state index in [1.165, 1.54) is 7.11 Å². The molecule has 0 saturated carbocycles. The van der Waals surface area contributed by atoms with Crippen LogP contribution in [-0.2, 0) is 6.54 Å². The van der Waals surface area contributed by atoms with E-state index < -0.39 is 0 Å². The first kappa shape index (κ1) is 20.2. The number of phenolic OH excluding ortho intramolecular Hbond substituents is 1. The molecule has 2 aromatic rings. The number of aromatic hydroxyl groups is 1. The second kappa shape index (κ2) is 9.43. The van der Waals surface area contributed by atoms with Gasteiger partial charge in [-0.25, -0.2) is 4.99 Å². The van der Waals surface area contributed by atoms with E-state index in [2.05, 4.69) is 10.3 Å². The summed E-state index contributed by atoms with van der Waals surface area (Å²) in [5.41, 5.74) is 7.36. The van der Waals surface area contributed by atoms with Crippen LogP contribution >= 0.6 is 35.6 Å². The van der Waals surface area contributed by atoms with Gasteiger partial charge in [0, 0.05) is 5.69 Å². The molecule has 6 nitrogen and oxygen atoms in total. The van der Waals surface area contributed by atoms with Crippen molar-refractivity contribution >= 4 is 47.2 Å². The molecule has 2 aromatic carbocycles. The third-order valence-electron chi connectivity index (χ3n) is 3.10. The highest BCUT2D eigenvalue weighted by molar-refractivity contribution is 14.0. The van der Waals surface area contributed by atoms with Crippen LogP contribution in [-0.4, -0.2) is 25.3 Å². The van der Waals surface area contributed by atoms with Crippen molar-refractivity contribution in [3.8, 4) is 17.2 Å². The van der Waals surface area contributed by atoms with E-state index in [4.69, 9.17) is 26.8 Å². The third-order valence-corrected chi connectivity index (χ3v) is 3.39. The molecule has 0 aromatic heterocycles. The lowest BCUT2D eigenvalue weighted by molar-refractivity contribution is 0.373. The summed E-state index contributed by atoms with van der Waals surface area (Å²) in [5.74, 6) is 1.30. The second-order valence-corrected chi connectivity index (χ2v) is 5.09. The average Bonchev–Trinajstić information content (AvgIpc) is 2.53. The van der Waals surface area contributed by atoms with Gasteiger partial charge >= 0.3 is 0 Å². The molecule has 0 aliphatic rings. The molecule has 0 atom stereocenters. The summed E-state index contributed by atoms with van der Waals surface area (Å²) in [7, 11) is 3.04. The topological polar surface area (TPSA) is 89.1 Å². The van der Waals surface area contributed by atoms with Gasteiger partial charge in [0.1, 0.15) is 5.75 Å². The van der Waals surface area contributed by atoms with Crippen molar-refractivity contribution in [2.45, 2.75) is 6.54 Å². The Kier molecular flexibility index (Phi) is 7.93. The number of halogens is 2. The Balaban J connectivity index is 0.00000288. The number of hydrogen-bond acceptors (Lipinski definition) is 4. The van der Waals surface area contributed by atoms with Gasteiger partial charge in [-0.15, -0.1) is 24.0 Å². The number of methoxy groups -OCH3 is 2. The van der Waals surface area contributed by atoms with Crippen molar-refractivity contribution in [3.05, 3.63) is 47.0 Å². The van der Waals surface area contributed by atoms with Crippen molar-refractivity contribution in [2.75, 3.05) is 19.5 Å². The molecule has 130 valence electrons. The van der Waals surface area contributed by atoms with Crippen LogP contribution in [0, 0.1) is 0 Å². The molecule has 0 fully saturated rings. The highest BCUT2D eigenvalue weighted by Crippen LogP contribution is 2.27. The lowest BCUT2D eigenvalue weighted by Crippen LogP contribution is -2.22. The van der Waals surface area contributed by atoms with Crippen molar-refractivity contribution in [1.82, 2.24) is 0 Å². The molecule has 2 rings (SSSR count). The van der Waals surface area contributed by atoms with Gasteiger partial charge < -0.3 is 25.6 Å². The van der Waals surface area contributed by atoms with E-state index >= 15 is 0 Å². The van der Waals surface area contributed by atoms with Crippen molar-refractivity contribution in [2.24, 2.45) is 10.7 Å². The number of nitrogens with zero attached hydrogens (tertiary/aromatic N) is 1. The predicted molar refractivity (Wildman–Crippen MR) is 107 cm³/mol. The normalized spacial score (nSPS) is 10.7. The van der Waals surface area contributed by atoms with E-state index in [9.17, 15) is 5.11 Å². The minimum atomic E-state index is 0. The Bertz CT molecular complexity index is 726. The smallest absolute Gasteiger partial charge is 0.193 e. The first-order valence-electron chi connectivity index (χ1n) is 6.80. The Labute approximate surface area is 162 Å². The summed E-state index contributed by atoms with van der Waals surface area (Å²) in [6, 6.07) is 10.3. The number of anilines is 1. The number of nitrogens with one attached hydrogen (secondary N) is 1. The van der Waals surface area contributed by atoms with Crippen molar-refractivity contribution < 1.29 is 14.6 Å². The Morgan fingerprint density at radius 1 is 1.17 bits per heavy atom.